The molecule has 1 saturated heterocycles. The number of carbonyl (C=O) groups is 1. The maximum Gasteiger partial charge on any atom is 0.0736 e. The third-order valence-electron chi connectivity index (χ3n) is 3.91. The van der Waals surface area contributed by atoms with Crippen molar-refractivity contribution in [3.8, 4) is 0 Å². The van der Waals surface area contributed by atoms with Gasteiger partial charge >= 0.3 is 0 Å². The van der Waals surface area contributed by atoms with Crippen LogP contribution in [0.4, 0.5) is 11.4 Å². The van der Waals surface area contributed by atoms with Gasteiger partial charge < -0.3 is 24.9 Å². The van der Waals surface area contributed by atoms with Gasteiger partial charge in [0.15, 0.2) is 0 Å². The number of benzene rings is 2. The number of carboxylic acids is 1. The fraction of sp³-hybridized carbons (Fsp3) is 0.278. The number of nitrogens with zero attached hydrogens (tertiary/aromatic N) is 1. The highest BCUT2D eigenvalue weighted by Gasteiger charge is 2.15. The van der Waals surface area contributed by atoms with Gasteiger partial charge in [0.1, 0.15) is 0 Å². The molecule has 2 aromatic carbocycles. The van der Waals surface area contributed by atoms with E-state index in [9.17, 15) is 9.90 Å². The van der Waals surface area contributed by atoms with E-state index in [-0.39, 0.29) is 5.56 Å². The molecule has 0 spiro atoms. The molecule has 1 heterocycles. The molecule has 0 unspecified atom stereocenters. The average Bonchev–Trinajstić information content (AvgIpc) is 2.61. The summed E-state index contributed by atoms with van der Waals surface area (Å²) in [6.07, 6.45) is 0. The molecule has 1 fully saturated rings. The lowest BCUT2D eigenvalue weighted by Crippen LogP contribution is -2.38. The molecule has 0 radical (unpaired) electrons. The highest BCUT2D eigenvalue weighted by molar-refractivity contribution is 5.94. The first-order chi connectivity index (χ1) is 11.2. The van der Waals surface area contributed by atoms with Crippen LogP contribution in [0.5, 0.6) is 0 Å². The molecule has 2 aromatic rings. The minimum atomic E-state index is -1.16. The predicted molar refractivity (Wildman–Crippen MR) is 87.6 cm³/mol. The molecule has 3 rings (SSSR count). The molecule has 1 aliphatic heterocycles. The third kappa shape index (κ3) is 3.81. The second-order valence-electron chi connectivity index (χ2n) is 5.46. The van der Waals surface area contributed by atoms with Gasteiger partial charge in [-0.25, -0.2) is 0 Å². The van der Waals surface area contributed by atoms with Crippen LogP contribution in [0.1, 0.15) is 15.9 Å². The zero-order chi connectivity index (χ0) is 16.1. The first kappa shape index (κ1) is 15.4. The summed E-state index contributed by atoms with van der Waals surface area (Å²) < 4.78 is 5.32. The minimum absolute atomic E-state index is 0.213. The fourth-order valence-electron chi connectivity index (χ4n) is 2.69. The van der Waals surface area contributed by atoms with E-state index in [1.807, 2.05) is 47.4 Å². The van der Waals surface area contributed by atoms with Gasteiger partial charge in [-0.3, -0.25) is 0 Å². The van der Waals surface area contributed by atoms with Crippen molar-refractivity contribution in [3.05, 3.63) is 59.7 Å². The quantitative estimate of drug-likeness (QED) is 0.906. The lowest BCUT2D eigenvalue weighted by molar-refractivity contribution is -0.254. The second kappa shape index (κ2) is 7.15. The Morgan fingerprint density at radius 1 is 1.13 bits per heavy atom. The van der Waals surface area contributed by atoms with Gasteiger partial charge in [-0.1, -0.05) is 30.3 Å². The van der Waals surface area contributed by atoms with E-state index in [0.29, 0.717) is 38.5 Å². The molecule has 0 atom stereocenters. The molecule has 0 bridgehead atoms. The number of aromatic carboxylic acids is 1. The van der Waals surface area contributed by atoms with E-state index >= 15 is 0 Å². The Kier molecular flexibility index (Phi) is 4.78. The highest BCUT2D eigenvalue weighted by Crippen LogP contribution is 2.25. The van der Waals surface area contributed by atoms with E-state index in [1.165, 1.54) is 0 Å². The van der Waals surface area contributed by atoms with Crippen LogP contribution in [0.2, 0.25) is 0 Å². The molecule has 5 nitrogen and oxygen atoms in total. The van der Waals surface area contributed by atoms with Gasteiger partial charge in [-0.15, -0.1) is 0 Å². The van der Waals surface area contributed by atoms with Gasteiger partial charge in [0.05, 0.1) is 19.2 Å². The van der Waals surface area contributed by atoms with Gasteiger partial charge in [-0.2, -0.15) is 0 Å². The van der Waals surface area contributed by atoms with E-state index in [4.69, 9.17) is 4.74 Å². The van der Waals surface area contributed by atoms with Crippen molar-refractivity contribution < 1.29 is 14.6 Å². The summed E-state index contributed by atoms with van der Waals surface area (Å²) in [4.78, 5) is 13.5. The van der Waals surface area contributed by atoms with E-state index in [0.717, 1.165) is 11.3 Å². The van der Waals surface area contributed by atoms with Gasteiger partial charge in [-0.05, 0) is 23.8 Å². The van der Waals surface area contributed by atoms with Gasteiger partial charge in [0.2, 0.25) is 0 Å². The number of hydrogen-bond acceptors (Lipinski definition) is 5. The van der Waals surface area contributed by atoms with Crippen molar-refractivity contribution in [2.75, 3.05) is 36.5 Å². The topological polar surface area (TPSA) is 64.6 Å². The number of carbonyl (C=O) groups excluding carboxylic acids is 1. The Bertz CT molecular complexity index is 667. The molecule has 1 N–H and O–H groups in total. The van der Waals surface area contributed by atoms with Crippen LogP contribution >= 0.6 is 0 Å². The van der Waals surface area contributed by atoms with E-state index in [2.05, 4.69) is 5.32 Å². The maximum absolute atomic E-state index is 11.5. The minimum Gasteiger partial charge on any atom is -0.545 e. The summed E-state index contributed by atoms with van der Waals surface area (Å²) in [6.45, 7) is 3.25. The maximum atomic E-state index is 11.5. The van der Waals surface area contributed by atoms with Crippen molar-refractivity contribution in [1.29, 1.82) is 0 Å². The van der Waals surface area contributed by atoms with Crippen LogP contribution in [-0.4, -0.2) is 32.3 Å². The predicted octanol–water partition coefficient (Wildman–Crippen LogP) is 1.50. The summed E-state index contributed by atoms with van der Waals surface area (Å²) in [5, 5.41) is 14.7. The zero-order valence-electron chi connectivity index (χ0n) is 12.8. The summed E-state index contributed by atoms with van der Waals surface area (Å²) >= 11 is 0. The Morgan fingerprint density at radius 3 is 2.57 bits per heavy atom. The first-order valence-electron chi connectivity index (χ1n) is 7.70. The molecule has 5 heteroatoms. The molecule has 120 valence electrons. The molecule has 0 amide bonds. The fourth-order valence-corrected chi connectivity index (χ4v) is 2.69. The molecule has 23 heavy (non-hydrogen) atoms. The lowest BCUT2D eigenvalue weighted by atomic mass is 10.1. The normalized spacial score (nSPS) is 14.5. The second-order valence-corrected chi connectivity index (χ2v) is 5.46. The van der Waals surface area contributed by atoms with Crippen LogP contribution < -0.4 is 15.3 Å². The number of ether oxygens (including phenoxy) is 1. The third-order valence-corrected chi connectivity index (χ3v) is 3.91. The SMILES string of the molecule is O=C([O-])c1cc(NCc2ccccc2)ccc1N1CCOCC1. The van der Waals surface area contributed by atoms with Crippen molar-refractivity contribution >= 4 is 17.3 Å². The zero-order valence-corrected chi connectivity index (χ0v) is 12.8. The first-order valence-corrected chi connectivity index (χ1v) is 7.70. The molecule has 0 aromatic heterocycles. The van der Waals surface area contributed by atoms with Gasteiger partial charge in [0.25, 0.3) is 0 Å². The van der Waals surface area contributed by atoms with Crippen molar-refractivity contribution in [1.82, 2.24) is 0 Å². The number of hydrogen-bond donors (Lipinski definition) is 1. The van der Waals surface area contributed by atoms with Crippen LogP contribution in [0.25, 0.3) is 0 Å². The molecular formula is C18H19N2O3-. The Labute approximate surface area is 135 Å². The van der Waals surface area contributed by atoms with Crippen molar-refractivity contribution in [2.45, 2.75) is 6.54 Å². The van der Waals surface area contributed by atoms with E-state index < -0.39 is 5.97 Å². The summed E-state index contributed by atoms with van der Waals surface area (Å²) in [5.41, 5.74) is 2.81. The number of nitrogens with one attached hydrogen (secondary N) is 1. The Hall–Kier alpha value is -2.53. The van der Waals surface area contributed by atoms with Crippen LogP contribution in [0.3, 0.4) is 0 Å². The van der Waals surface area contributed by atoms with Crippen molar-refractivity contribution in [2.24, 2.45) is 0 Å². The smallest absolute Gasteiger partial charge is 0.0736 e. The standard InChI is InChI=1S/C18H20N2O3/c21-18(22)16-12-15(19-13-14-4-2-1-3-5-14)6-7-17(16)20-8-10-23-11-9-20/h1-7,12,19H,8-11,13H2,(H,21,22)/p-1. The molecule has 0 saturated carbocycles. The number of rotatable bonds is 5. The lowest BCUT2D eigenvalue weighted by Gasteiger charge is -2.31. The number of anilines is 2. The average molecular weight is 311 g/mol. The summed E-state index contributed by atoms with van der Waals surface area (Å²) in [6, 6.07) is 15.3. The van der Waals surface area contributed by atoms with Crippen molar-refractivity contribution in [3.63, 3.8) is 0 Å². The van der Waals surface area contributed by atoms with Crippen LogP contribution in [-0.2, 0) is 11.3 Å². The monoisotopic (exact) mass is 311 g/mol. The molecular weight excluding hydrogens is 292 g/mol. The molecule has 1 aliphatic rings. The summed E-state index contributed by atoms with van der Waals surface area (Å²) in [7, 11) is 0. The molecule has 0 aliphatic carbocycles. The van der Waals surface area contributed by atoms with E-state index in [1.54, 1.807) is 6.07 Å². The van der Waals surface area contributed by atoms with Crippen LogP contribution in [0, 0.1) is 0 Å². The Morgan fingerprint density at radius 2 is 1.87 bits per heavy atom. The largest absolute Gasteiger partial charge is 0.545 e. The highest BCUT2D eigenvalue weighted by atomic mass is 16.5. The Balaban J connectivity index is 1.77. The number of carboxylic acid groups (broad SMARTS) is 1. The summed E-state index contributed by atoms with van der Waals surface area (Å²) in [5.74, 6) is -1.16. The number of morpholine rings is 1. The van der Waals surface area contributed by atoms with Crippen LogP contribution in [0.15, 0.2) is 48.5 Å². The van der Waals surface area contributed by atoms with Gasteiger partial charge in [0, 0.05) is 36.6 Å².